The summed E-state index contributed by atoms with van der Waals surface area (Å²) in [5.41, 5.74) is 1.19. The van der Waals surface area contributed by atoms with Gasteiger partial charge in [-0.3, -0.25) is 4.79 Å². The van der Waals surface area contributed by atoms with Gasteiger partial charge in [0.25, 0.3) is 5.91 Å². The van der Waals surface area contributed by atoms with Crippen molar-refractivity contribution in [3.8, 4) is 0 Å². The molecule has 0 saturated heterocycles. The Bertz CT molecular complexity index is 881. The van der Waals surface area contributed by atoms with Crippen LogP contribution >= 0.6 is 11.6 Å². The zero-order valence-corrected chi connectivity index (χ0v) is 15.3. The number of hydrogen-bond acceptors (Lipinski definition) is 3. The number of halogens is 2. The summed E-state index contributed by atoms with van der Waals surface area (Å²) in [6.07, 6.45) is 0. The van der Waals surface area contributed by atoms with Crippen LogP contribution in [0.2, 0.25) is 5.02 Å². The van der Waals surface area contributed by atoms with Crippen LogP contribution in [0.4, 0.5) is 4.39 Å². The molecule has 2 rings (SSSR count). The van der Waals surface area contributed by atoms with Gasteiger partial charge in [0, 0.05) is 13.1 Å². The van der Waals surface area contributed by atoms with Crippen LogP contribution in [-0.2, 0) is 10.0 Å². The Hall–Kier alpha value is -1.96. The Kier molecular flexibility index (Phi) is 6.16. The van der Waals surface area contributed by atoms with E-state index in [2.05, 4.69) is 10.0 Å². The smallest absolute Gasteiger partial charge is 0.255 e. The van der Waals surface area contributed by atoms with Gasteiger partial charge in [-0.25, -0.2) is 17.5 Å². The molecule has 8 heteroatoms. The first-order valence-corrected chi connectivity index (χ1v) is 9.37. The summed E-state index contributed by atoms with van der Waals surface area (Å²) in [5.74, 6) is -1.44. The van der Waals surface area contributed by atoms with E-state index in [1.54, 1.807) is 26.0 Å². The highest BCUT2D eigenvalue weighted by molar-refractivity contribution is 7.89. The number of rotatable bonds is 6. The Morgan fingerprint density at radius 3 is 2.56 bits per heavy atom. The number of carbonyl (C=O) groups excluding carboxylic acids is 1. The predicted molar refractivity (Wildman–Crippen MR) is 94.8 cm³/mol. The van der Waals surface area contributed by atoms with Gasteiger partial charge >= 0.3 is 0 Å². The second-order valence-electron chi connectivity index (χ2n) is 5.52. The summed E-state index contributed by atoms with van der Waals surface area (Å²) in [5, 5.41) is 2.43. The Morgan fingerprint density at radius 1 is 1.16 bits per heavy atom. The fourth-order valence-electron chi connectivity index (χ4n) is 2.24. The minimum atomic E-state index is -3.69. The van der Waals surface area contributed by atoms with Gasteiger partial charge in [-0.05, 0) is 43.2 Å². The van der Waals surface area contributed by atoms with Crippen molar-refractivity contribution >= 4 is 27.5 Å². The first kappa shape index (κ1) is 19.4. The lowest BCUT2D eigenvalue weighted by Crippen LogP contribution is -2.35. The molecule has 2 N–H and O–H groups in total. The third-order valence-electron chi connectivity index (χ3n) is 3.53. The minimum absolute atomic E-state index is 0.00605. The fraction of sp³-hybridized carbons (Fsp3) is 0.235. The third-order valence-corrected chi connectivity index (χ3v) is 5.44. The monoisotopic (exact) mass is 384 g/mol. The van der Waals surface area contributed by atoms with Crippen LogP contribution in [0.25, 0.3) is 0 Å². The first-order valence-electron chi connectivity index (χ1n) is 7.51. The van der Waals surface area contributed by atoms with Gasteiger partial charge in [-0.15, -0.1) is 0 Å². The van der Waals surface area contributed by atoms with Gasteiger partial charge in [-0.2, -0.15) is 0 Å². The molecule has 0 saturated carbocycles. The lowest BCUT2D eigenvalue weighted by Gasteiger charge is -2.11. The predicted octanol–water partition coefficient (Wildman–Crippen LogP) is 2.80. The maximum absolute atomic E-state index is 13.6. The molecule has 5 nitrogen and oxygen atoms in total. The molecule has 2 aromatic carbocycles. The Morgan fingerprint density at radius 2 is 1.88 bits per heavy atom. The molecule has 0 fully saturated rings. The highest BCUT2D eigenvalue weighted by Crippen LogP contribution is 2.18. The molecule has 0 unspecified atom stereocenters. The van der Waals surface area contributed by atoms with E-state index in [9.17, 15) is 17.6 Å². The van der Waals surface area contributed by atoms with Gasteiger partial charge in [-0.1, -0.05) is 29.8 Å². The second kappa shape index (κ2) is 7.95. The van der Waals surface area contributed by atoms with Crippen LogP contribution < -0.4 is 10.0 Å². The molecule has 0 heterocycles. The average Bonchev–Trinajstić information content (AvgIpc) is 2.53. The van der Waals surface area contributed by atoms with Crippen LogP contribution in [0.5, 0.6) is 0 Å². The van der Waals surface area contributed by atoms with E-state index in [1.165, 1.54) is 12.1 Å². The number of nitrogens with one attached hydrogen (secondary N) is 2. The van der Waals surface area contributed by atoms with Crippen molar-refractivity contribution in [2.75, 3.05) is 13.1 Å². The maximum atomic E-state index is 13.6. The number of amides is 1. The molecule has 25 heavy (non-hydrogen) atoms. The Balaban J connectivity index is 1.97. The molecule has 1 amide bonds. The largest absolute Gasteiger partial charge is 0.351 e. The summed E-state index contributed by atoms with van der Waals surface area (Å²) < 4.78 is 40.7. The van der Waals surface area contributed by atoms with Gasteiger partial charge in [0.15, 0.2) is 0 Å². The van der Waals surface area contributed by atoms with E-state index >= 15 is 0 Å². The molecule has 0 aromatic heterocycles. The highest BCUT2D eigenvalue weighted by atomic mass is 35.5. The van der Waals surface area contributed by atoms with Crippen molar-refractivity contribution in [3.05, 3.63) is 63.9 Å². The van der Waals surface area contributed by atoms with E-state index in [-0.39, 0.29) is 28.6 Å². The molecule has 0 atom stereocenters. The van der Waals surface area contributed by atoms with Crippen LogP contribution in [0.15, 0.2) is 41.3 Å². The van der Waals surface area contributed by atoms with E-state index in [4.69, 9.17) is 11.6 Å². The first-order chi connectivity index (χ1) is 11.7. The molecular weight excluding hydrogens is 367 g/mol. The van der Waals surface area contributed by atoms with Crippen LogP contribution in [0.1, 0.15) is 21.5 Å². The highest BCUT2D eigenvalue weighted by Gasteiger charge is 2.18. The topological polar surface area (TPSA) is 75.3 Å². The minimum Gasteiger partial charge on any atom is -0.351 e. The molecule has 2 aromatic rings. The van der Waals surface area contributed by atoms with Crippen molar-refractivity contribution in [1.29, 1.82) is 0 Å². The average molecular weight is 385 g/mol. The maximum Gasteiger partial charge on any atom is 0.255 e. The van der Waals surface area contributed by atoms with Crippen molar-refractivity contribution in [1.82, 2.24) is 10.0 Å². The quantitative estimate of drug-likeness (QED) is 0.752. The second-order valence-corrected chi connectivity index (χ2v) is 7.66. The number of carbonyl (C=O) groups is 1. The molecule has 134 valence electrons. The van der Waals surface area contributed by atoms with Crippen LogP contribution in [0.3, 0.4) is 0 Å². The van der Waals surface area contributed by atoms with Crippen molar-refractivity contribution in [3.63, 3.8) is 0 Å². The molecule has 0 aliphatic rings. The van der Waals surface area contributed by atoms with E-state index in [0.29, 0.717) is 5.56 Å². The number of benzene rings is 2. The summed E-state index contributed by atoms with van der Waals surface area (Å²) in [4.78, 5) is 12.2. The third kappa shape index (κ3) is 4.78. The SMILES string of the molecule is Cc1ccc(C)c(S(=O)(=O)NCCNC(=O)c2c(F)cccc2Cl)c1. The van der Waals surface area contributed by atoms with Crippen LogP contribution in [-0.4, -0.2) is 27.4 Å². The Labute approximate surface area is 151 Å². The van der Waals surface area contributed by atoms with Gasteiger partial charge in [0.05, 0.1) is 15.5 Å². The molecule has 0 radical (unpaired) electrons. The molecular formula is C17H18ClFN2O3S. The normalized spacial score (nSPS) is 11.4. The zero-order chi connectivity index (χ0) is 18.6. The van der Waals surface area contributed by atoms with Crippen molar-refractivity contribution < 1.29 is 17.6 Å². The summed E-state index contributed by atoms with van der Waals surface area (Å²) in [7, 11) is -3.69. The lowest BCUT2D eigenvalue weighted by molar-refractivity contribution is 0.0950. The van der Waals surface area contributed by atoms with Crippen molar-refractivity contribution in [2.24, 2.45) is 0 Å². The van der Waals surface area contributed by atoms with Crippen molar-refractivity contribution in [2.45, 2.75) is 18.7 Å². The zero-order valence-electron chi connectivity index (χ0n) is 13.8. The molecule has 0 spiro atoms. The summed E-state index contributed by atoms with van der Waals surface area (Å²) in [6, 6.07) is 9.06. The summed E-state index contributed by atoms with van der Waals surface area (Å²) in [6.45, 7) is 3.47. The summed E-state index contributed by atoms with van der Waals surface area (Å²) >= 11 is 5.81. The van der Waals surface area contributed by atoms with E-state index in [0.717, 1.165) is 11.6 Å². The van der Waals surface area contributed by atoms with Gasteiger partial charge in [0.1, 0.15) is 5.82 Å². The molecule has 0 bridgehead atoms. The van der Waals surface area contributed by atoms with Crippen LogP contribution in [0, 0.1) is 19.7 Å². The van der Waals surface area contributed by atoms with E-state index in [1.807, 2.05) is 6.07 Å². The molecule has 0 aliphatic carbocycles. The van der Waals surface area contributed by atoms with Gasteiger partial charge in [0.2, 0.25) is 10.0 Å². The fourth-order valence-corrected chi connectivity index (χ4v) is 3.85. The standard InChI is InChI=1S/C17H18ClFN2O3S/c1-11-6-7-12(2)15(10-11)25(23,24)21-9-8-20-17(22)16-13(18)4-3-5-14(16)19/h3-7,10,21H,8-9H2,1-2H3,(H,20,22). The lowest BCUT2D eigenvalue weighted by atomic mass is 10.2. The molecule has 0 aliphatic heterocycles. The number of aryl methyl sites for hydroxylation is 2. The number of hydrogen-bond donors (Lipinski definition) is 2. The van der Waals surface area contributed by atoms with Gasteiger partial charge < -0.3 is 5.32 Å². The van der Waals surface area contributed by atoms with E-state index < -0.39 is 21.7 Å². The number of sulfonamides is 1.